The van der Waals surface area contributed by atoms with E-state index in [-0.39, 0.29) is 24.7 Å². The molecule has 7 heteroatoms. The summed E-state index contributed by atoms with van der Waals surface area (Å²) in [5, 5.41) is 10.6. The zero-order chi connectivity index (χ0) is 13.8. The van der Waals surface area contributed by atoms with Gasteiger partial charge in [0.2, 0.25) is 11.8 Å². The second-order valence-electron chi connectivity index (χ2n) is 4.20. The van der Waals surface area contributed by atoms with Gasteiger partial charge in [-0.05, 0) is 0 Å². The van der Waals surface area contributed by atoms with E-state index in [1.165, 1.54) is 6.08 Å². The number of ether oxygens (including phenoxy) is 1. The molecule has 0 spiro atoms. The van der Waals surface area contributed by atoms with Gasteiger partial charge in [0, 0.05) is 19.9 Å². The lowest BCUT2D eigenvalue weighted by atomic mass is 9.89. The second-order valence-corrected chi connectivity index (χ2v) is 4.20. The van der Waals surface area contributed by atoms with E-state index >= 15 is 0 Å². The van der Waals surface area contributed by atoms with E-state index in [0.29, 0.717) is 12.4 Å². The largest absolute Gasteiger partial charge is 0.461 e. The highest BCUT2D eigenvalue weighted by Gasteiger charge is 2.42. The molecule has 0 aliphatic carbocycles. The number of nitrogens with one attached hydrogen (secondary N) is 1. The van der Waals surface area contributed by atoms with Crippen LogP contribution in [0.15, 0.2) is 17.1 Å². The van der Waals surface area contributed by atoms with Crippen molar-refractivity contribution in [1.82, 2.24) is 15.5 Å². The predicted octanol–water partition coefficient (Wildman–Crippen LogP) is 0.327. The second kappa shape index (κ2) is 5.75. The van der Waals surface area contributed by atoms with Gasteiger partial charge in [0.25, 0.3) is 0 Å². The molecule has 1 N–H and O–H groups in total. The van der Waals surface area contributed by atoms with Crippen LogP contribution >= 0.6 is 0 Å². The first kappa shape index (κ1) is 13.4. The van der Waals surface area contributed by atoms with E-state index in [9.17, 15) is 9.59 Å². The lowest BCUT2D eigenvalue weighted by molar-refractivity contribution is -0.153. The van der Waals surface area contributed by atoms with Gasteiger partial charge in [-0.15, -0.1) is 10.2 Å². The molecule has 1 aliphatic rings. The Morgan fingerprint density at radius 1 is 1.63 bits per heavy atom. The van der Waals surface area contributed by atoms with E-state index in [2.05, 4.69) is 22.1 Å². The van der Waals surface area contributed by atoms with Gasteiger partial charge in [0.15, 0.2) is 5.78 Å². The Kier molecular flexibility index (Phi) is 4.06. The lowest BCUT2D eigenvalue weighted by Crippen LogP contribution is -2.45. The van der Waals surface area contributed by atoms with Crippen molar-refractivity contribution in [2.75, 3.05) is 13.2 Å². The zero-order valence-corrected chi connectivity index (χ0v) is 10.6. The fraction of sp³-hybridized carbons (Fsp3) is 0.500. The molecule has 0 saturated carbocycles. The third-order valence-corrected chi connectivity index (χ3v) is 2.82. The molecular formula is C12H15N3O4. The number of aryl methyl sites for hydroxylation is 1. The van der Waals surface area contributed by atoms with Crippen molar-refractivity contribution in [2.45, 2.75) is 19.4 Å². The van der Waals surface area contributed by atoms with E-state index in [4.69, 9.17) is 9.15 Å². The lowest BCUT2D eigenvalue weighted by Gasteiger charge is -2.27. The first-order valence-corrected chi connectivity index (χ1v) is 5.97. The minimum absolute atomic E-state index is 0.0677. The van der Waals surface area contributed by atoms with Crippen molar-refractivity contribution in [3.8, 4) is 0 Å². The number of ketones is 1. The van der Waals surface area contributed by atoms with Crippen LogP contribution in [0, 0.1) is 12.8 Å². The van der Waals surface area contributed by atoms with Crippen molar-refractivity contribution in [1.29, 1.82) is 0 Å². The van der Waals surface area contributed by atoms with Crippen LogP contribution in [0.5, 0.6) is 0 Å². The number of rotatable bonds is 4. The fourth-order valence-corrected chi connectivity index (χ4v) is 1.98. The maximum atomic E-state index is 11.9. The molecule has 7 nitrogen and oxygen atoms in total. The summed E-state index contributed by atoms with van der Waals surface area (Å²) in [6.45, 7) is 5.64. The summed E-state index contributed by atoms with van der Waals surface area (Å²) < 4.78 is 10.2. The number of Topliss-reactive ketones (excluding diaryl/α,β-unsaturated/α-hetero) is 1. The highest BCUT2D eigenvalue weighted by molar-refractivity contribution is 6.00. The van der Waals surface area contributed by atoms with Gasteiger partial charge in [-0.1, -0.05) is 12.7 Å². The molecule has 1 saturated heterocycles. The van der Waals surface area contributed by atoms with Gasteiger partial charge in [-0.3, -0.25) is 9.59 Å². The van der Waals surface area contributed by atoms with Crippen LogP contribution in [0.2, 0.25) is 0 Å². The Morgan fingerprint density at radius 3 is 3.05 bits per heavy atom. The Labute approximate surface area is 110 Å². The maximum Gasteiger partial charge on any atom is 0.318 e. The number of nitrogens with zero attached hydrogens (tertiary/aromatic N) is 2. The van der Waals surface area contributed by atoms with Crippen molar-refractivity contribution in [3.63, 3.8) is 0 Å². The van der Waals surface area contributed by atoms with Crippen LogP contribution in [0.25, 0.3) is 0 Å². The molecule has 0 aromatic carbocycles. The number of carbonyl (C=O) groups is 2. The zero-order valence-electron chi connectivity index (χ0n) is 10.6. The molecule has 1 aromatic heterocycles. The third-order valence-electron chi connectivity index (χ3n) is 2.82. The van der Waals surface area contributed by atoms with Crippen LogP contribution in [0.3, 0.4) is 0 Å². The summed E-state index contributed by atoms with van der Waals surface area (Å²) in [6.07, 6.45) is 1.72. The molecule has 1 aliphatic heterocycles. The minimum Gasteiger partial charge on any atom is -0.461 e. The molecule has 1 fully saturated rings. The van der Waals surface area contributed by atoms with Gasteiger partial charge in [-0.2, -0.15) is 0 Å². The monoisotopic (exact) mass is 265 g/mol. The normalized spacial score (nSPS) is 23.1. The molecule has 2 rings (SSSR count). The SMILES string of the molecule is C=CCOC(=O)C1C(=O)CCNC1c1nnc(C)o1. The van der Waals surface area contributed by atoms with Gasteiger partial charge >= 0.3 is 5.97 Å². The maximum absolute atomic E-state index is 11.9. The Bertz CT molecular complexity index is 497. The molecule has 102 valence electrons. The number of esters is 1. The van der Waals surface area contributed by atoms with E-state index in [0.717, 1.165) is 0 Å². The van der Waals surface area contributed by atoms with Crippen LogP contribution in [-0.4, -0.2) is 35.1 Å². The molecule has 2 heterocycles. The molecule has 0 radical (unpaired) electrons. The predicted molar refractivity (Wildman–Crippen MR) is 64.0 cm³/mol. The molecule has 19 heavy (non-hydrogen) atoms. The number of hydrogen-bond donors (Lipinski definition) is 1. The summed E-state index contributed by atoms with van der Waals surface area (Å²) in [6, 6.07) is -0.625. The summed E-state index contributed by atoms with van der Waals surface area (Å²) >= 11 is 0. The van der Waals surface area contributed by atoms with Crippen LogP contribution in [0.4, 0.5) is 0 Å². The van der Waals surface area contributed by atoms with E-state index in [1.807, 2.05) is 0 Å². The van der Waals surface area contributed by atoms with E-state index < -0.39 is 17.9 Å². The van der Waals surface area contributed by atoms with Crippen molar-refractivity contribution < 1.29 is 18.7 Å². The third kappa shape index (κ3) is 2.87. The molecule has 2 unspecified atom stereocenters. The first-order valence-electron chi connectivity index (χ1n) is 5.97. The quantitative estimate of drug-likeness (QED) is 0.476. The number of carbonyl (C=O) groups excluding carboxylic acids is 2. The van der Waals surface area contributed by atoms with E-state index in [1.54, 1.807) is 6.92 Å². The highest BCUT2D eigenvalue weighted by atomic mass is 16.5. The van der Waals surface area contributed by atoms with Crippen LogP contribution < -0.4 is 5.32 Å². The number of aromatic nitrogens is 2. The van der Waals surface area contributed by atoms with Crippen molar-refractivity contribution in [3.05, 3.63) is 24.4 Å². The standard InChI is InChI=1S/C12H15N3O4/c1-3-6-18-12(17)9-8(16)4-5-13-10(9)11-15-14-7(2)19-11/h3,9-10,13H,1,4-6H2,2H3. The summed E-state index contributed by atoms with van der Waals surface area (Å²) in [7, 11) is 0. The molecular weight excluding hydrogens is 250 g/mol. The summed E-state index contributed by atoms with van der Waals surface area (Å²) in [5.41, 5.74) is 0. The molecule has 1 aromatic rings. The van der Waals surface area contributed by atoms with Gasteiger partial charge in [0.1, 0.15) is 18.6 Å². The van der Waals surface area contributed by atoms with Crippen LogP contribution in [0.1, 0.15) is 24.2 Å². The van der Waals surface area contributed by atoms with Gasteiger partial charge in [0.05, 0.1) is 0 Å². The molecule has 0 amide bonds. The Balaban J connectivity index is 2.21. The fourth-order valence-electron chi connectivity index (χ4n) is 1.98. The topological polar surface area (TPSA) is 94.3 Å². The minimum atomic E-state index is -0.950. The molecule has 0 bridgehead atoms. The number of piperidine rings is 1. The average Bonchev–Trinajstić information content (AvgIpc) is 2.82. The summed E-state index contributed by atoms with van der Waals surface area (Å²) in [4.78, 5) is 23.9. The smallest absolute Gasteiger partial charge is 0.318 e. The van der Waals surface area contributed by atoms with Crippen molar-refractivity contribution in [2.24, 2.45) is 5.92 Å². The van der Waals surface area contributed by atoms with Crippen LogP contribution in [-0.2, 0) is 14.3 Å². The summed E-state index contributed by atoms with van der Waals surface area (Å²) in [5.74, 6) is -1.13. The van der Waals surface area contributed by atoms with Gasteiger partial charge in [-0.25, -0.2) is 0 Å². The number of hydrogen-bond acceptors (Lipinski definition) is 7. The van der Waals surface area contributed by atoms with Crippen molar-refractivity contribution >= 4 is 11.8 Å². The Morgan fingerprint density at radius 2 is 2.42 bits per heavy atom. The highest BCUT2D eigenvalue weighted by Crippen LogP contribution is 2.27. The first-order chi connectivity index (χ1) is 9.13. The van der Waals surface area contributed by atoms with Gasteiger partial charge < -0.3 is 14.5 Å². The molecule has 2 atom stereocenters. The Hall–Kier alpha value is -2.02. The average molecular weight is 265 g/mol.